The molecule has 7 heteroatoms. The number of methoxy groups -OCH3 is 1. The minimum atomic E-state index is -4.14. The van der Waals surface area contributed by atoms with Gasteiger partial charge >= 0.3 is 7.60 Å². The molecule has 0 saturated heterocycles. The number of ether oxygens (including phenoxy) is 1. The van der Waals surface area contributed by atoms with Crippen molar-refractivity contribution in [1.29, 1.82) is 0 Å². The Balaban J connectivity index is 4.05. The number of aliphatic hydroxyl groups excluding tert-OH is 1. The van der Waals surface area contributed by atoms with Crippen LogP contribution in [-0.4, -0.2) is 65.6 Å². The fourth-order valence-corrected chi connectivity index (χ4v) is 5.32. The maximum absolute atomic E-state index is 12.0. The molecule has 0 heterocycles. The Labute approximate surface area is 192 Å². The molecule has 188 valence electrons. The van der Waals surface area contributed by atoms with E-state index in [1.165, 1.54) is 71.3 Å². The van der Waals surface area contributed by atoms with Crippen molar-refractivity contribution < 1.29 is 28.7 Å². The van der Waals surface area contributed by atoms with Crippen LogP contribution in [0.15, 0.2) is 0 Å². The molecule has 0 aliphatic rings. The molecule has 6 nitrogen and oxygen atoms in total. The third-order valence-electron chi connectivity index (χ3n) is 6.48. The first kappa shape index (κ1) is 31.0. The number of nitrogens with zero attached hydrogens (tertiary/aromatic N) is 1. The Morgan fingerprint density at radius 3 is 1.52 bits per heavy atom. The predicted octanol–water partition coefficient (Wildman–Crippen LogP) is 5.83. The van der Waals surface area contributed by atoms with E-state index in [9.17, 15) is 19.5 Å². The summed E-state index contributed by atoms with van der Waals surface area (Å²) in [5, 5.41) is 10.1. The fourth-order valence-electron chi connectivity index (χ4n) is 4.31. The summed E-state index contributed by atoms with van der Waals surface area (Å²) in [5.74, 6) is 0. The van der Waals surface area contributed by atoms with Crippen molar-refractivity contribution in [2.45, 2.75) is 128 Å². The molecule has 3 unspecified atom stereocenters. The quantitative estimate of drug-likeness (QED) is 0.0857. The molecule has 3 N–H and O–H groups in total. The highest BCUT2D eigenvalue weighted by Crippen LogP contribution is 2.46. The van der Waals surface area contributed by atoms with Gasteiger partial charge in [-0.3, -0.25) is 4.57 Å². The van der Waals surface area contributed by atoms with Crippen LogP contribution in [0.25, 0.3) is 0 Å². The van der Waals surface area contributed by atoms with E-state index in [1.807, 2.05) is 21.1 Å². The molecule has 0 aromatic rings. The van der Waals surface area contributed by atoms with E-state index in [2.05, 4.69) is 6.92 Å². The van der Waals surface area contributed by atoms with Gasteiger partial charge in [-0.1, -0.05) is 90.4 Å². The molecule has 0 amide bonds. The number of quaternary nitrogens is 1. The summed E-state index contributed by atoms with van der Waals surface area (Å²) < 4.78 is 17.6. The van der Waals surface area contributed by atoms with Crippen LogP contribution in [0.3, 0.4) is 0 Å². The van der Waals surface area contributed by atoms with Crippen LogP contribution < -0.4 is 0 Å². The smallest absolute Gasteiger partial charge is 0.328 e. The second-order valence-corrected chi connectivity index (χ2v) is 12.1. The Hall–Kier alpha value is 0.0300. The maximum atomic E-state index is 12.0. The van der Waals surface area contributed by atoms with Gasteiger partial charge in [0.15, 0.2) is 0 Å². The summed E-state index contributed by atoms with van der Waals surface area (Å²) in [4.78, 5) is 19.6. The molecule has 3 atom stereocenters. The largest absolute Gasteiger partial charge is 0.363 e. The monoisotopic (exact) mass is 466 g/mol. The van der Waals surface area contributed by atoms with E-state index in [1.54, 1.807) is 0 Å². The number of unbranched alkanes of at least 4 members (excludes halogenated alkanes) is 12. The molecule has 0 bridgehead atoms. The molecule has 0 spiro atoms. The Morgan fingerprint density at radius 2 is 1.16 bits per heavy atom. The average Bonchev–Trinajstić information content (AvgIpc) is 2.67. The lowest BCUT2D eigenvalue weighted by atomic mass is 10.0. The summed E-state index contributed by atoms with van der Waals surface area (Å²) in [5.41, 5.74) is -0.627. The van der Waals surface area contributed by atoms with E-state index in [0.717, 1.165) is 19.3 Å². The van der Waals surface area contributed by atoms with Gasteiger partial charge in [0.2, 0.25) is 6.29 Å². The predicted molar refractivity (Wildman–Crippen MR) is 130 cm³/mol. The van der Waals surface area contributed by atoms with Gasteiger partial charge in [-0.25, -0.2) is 0 Å². The maximum Gasteiger partial charge on any atom is 0.328 e. The highest BCUT2D eigenvalue weighted by atomic mass is 31.2. The van der Waals surface area contributed by atoms with Gasteiger partial charge in [0, 0.05) is 13.5 Å². The van der Waals surface area contributed by atoms with Crippen LogP contribution in [0, 0.1) is 0 Å². The van der Waals surface area contributed by atoms with Crippen LogP contribution >= 0.6 is 7.60 Å². The minimum Gasteiger partial charge on any atom is -0.363 e. The second kappa shape index (κ2) is 17.5. The molecule has 0 aromatic carbocycles. The Bertz CT molecular complexity index is 463. The van der Waals surface area contributed by atoms with Gasteiger partial charge in [-0.05, 0) is 12.8 Å². The highest BCUT2D eigenvalue weighted by molar-refractivity contribution is 7.52. The molecule has 0 fully saturated rings. The molecular formula is C24H53NO5P+. The highest BCUT2D eigenvalue weighted by Gasteiger charge is 2.35. The number of aliphatic hydroxyl groups is 1. The zero-order valence-electron chi connectivity index (χ0n) is 21.1. The number of rotatable bonds is 21. The molecular weight excluding hydrogens is 413 g/mol. The van der Waals surface area contributed by atoms with Gasteiger partial charge in [-0.2, -0.15) is 0 Å². The van der Waals surface area contributed by atoms with Crippen LogP contribution in [0.2, 0.25) is 0 Å². The lowest BCUT2D eigenvalue weighted by Gasteiger charge is -2.37. The van der Waals surface area contributed by atoms with Crippen LogP contribution in [0.4, 0.5) is 0 Å². The average molecular weight is 467 g/mol. The van der Waals surface area contributed by atoms with Crippen molar-refractivity contribution >= 4 is 7.60 Å². The number of hydrogen-bond donors (Lipinski definition) is 3. The molecule has 0 saturated carbocycles. The van der Waals surface area contributed by atoms with Gasteiger partial charge in [0.1, 0.15) is 6.04 Å². The van der Waals surface area contributed by atoms with Crippen molar-refractivity contribution in [2.24, 2.45) is 0 Å². The molecule has 0 aromatic heterocycles. The van der Waals surface area contributed by atoms with Crippen LogP contribution in [0.5, 0.6) is 0 Å². The summed E-state index contributed by atoms with van der Waals surface area (Å²) >= 11 is 0. The van der Waals surface area contributed by atoms with E-state index >= 15 is 0 Å². The first-order valence-corrected chi connectivity index (χ1v) is 14.3. The van der Waals surface area contributed by atoms with Gasteiger partial charge < -0.3 is 24.1 Å². The van der Waals surface area contributed by atoms with E-state index < -0.39 is 19.5 Å². The van der Waals surface area contributed by atoms with Gasteiger partial charge in [0.25, 0.3) is 0 Å². The minimum absolute atomic E-state index is 0.217. The van der Waals surface area contributed by atoms with E-state index in [-0.39, 0.29) is 6.04 Å². The summed E-state index contributed by atoms with van der Waals surface area (Å²) in [6.07, 6.45) is 16.9. The van der Waals surface area contributed by atoms with E-state index in [4.69, 9.17) is 4.74 Å². The lowest BCUT2D eigenvalue weighted by Crippen LogP contribution is -2.52. The van der Waals surface area contributed by atoms with Gasteiger partial charge in [-0.15, -0.1) is 0 Å². The third kappa shape index (κ3) is 16.3. The topological polar surface area (TPSA) is 87.0 Å². The standard InChI is InChI=1S/C24H52NO5P/c1-6-7-8-9-10-11-12-13-14-15-16-17-18-19-22(31(27,28)29)20-21-23(24(26)30-5)25(2,3)4/h22-24,26H,6-21H2,1-5H3,(H-,27,28,29)/p+1. The lowest BCUT2D eigenvalue weighted by molar-refractivity contribution is -0.903. The van der Waals surface area contributed by atoms with Crippen molar-refractivity contribution in [3.63, 3.8) is 0 Å². The number of likely N-dealkylation sites (N-methyl/N-ethyl adjacent to an activating group) is 1. The molecule has 0 aliphatic carbocycles. The zero-order valence-corrected chi connectivity index (χ0v) is 22.0. The third-order valence-corrected chi connectivity index (χ3v) is 7.95. The number of hydrogen-bond acceptors (Lipinski definition) is 3. The van der Waals surface area contributed by atoms with Crippen LogP contribution in [-0.2, 0) is 9.30 Å². The fraction of sp³-hybridized carbons (Fsp3) is 1.00. The van der Waals surface area contributed by atoms with E-state index in [0.29, 0.717) is 23.7 Å². The first-order valence-electron chi connectivity index (χ1n) is 12.6. The Kier molecular flexibility index (Phi) is 17.5. The molecule has 0 rings (SSSR count). The van der Waals surface area contributed by atoms with Crippen molar-refractivity contribution in [3.05, 3.63) is 0 Å². The van der Waals surface area contributed by atoms with Crippen LogP contribution in [0.1, 0.15) is 110 Å². The van der Waals surface area contributed by atoms with Crippen molar-refractivity contribution in [1.82, 2.24) is 0 Å². The van der Waals surface area contributed by atoms with Crippen molar-refractivity contribution in [2.75, 3.05) is 28.3 Å². The second-order valence-electron chi connectivity index (χ2n) is 10.2. The first-order chi connectivity index (χ1) is 14.5. The normalized spacial score (nSPS) is 15.7. The molecule has 0 aliphatic heterocycles. The Morgan fingerprint density at radius 1 is 0.742 bits per heavy atom. The zero-order chi connectivity index (χ0) is 23.8. The summed E-state index contributed by atoms with van der Waals surface area (Å²) in [6.45, 7) is 2.25. The summed E-state index contributed by atoms with van der Waals surface area (Å²) in [6, 6.07) is -0.217. The van der Waals surface area contributed by atoms with Crippen molar-refractivity contribution in [3.8, 4) is 0 Å². The SMILES string of the molecule is CCCCCCCCCCCCCCCC(CCC(C(O)OC)[N+](C)(C)C)P(=O)(O)O. The summed E-state index contributed by atoms with van der Waals surface area (Å²) in [7, 11) is 3.22. The van der Waals surface area contributed by atoms with Gasteiger partial charge in [0.05, 0.1) is 26.8 Å². The molecule has 0 radical (unpaired) electrons. The molecule has 31 heavy (non-hydrogen) atoms.